The monoisotopic (exact) mass is 368 g/mol. The van der Waals surface area contributed by atoms with E-state index in [2.05, 4.69) is 17.2 Å². The second-order valence-corrected chi connectivity index (χ2v) is 7.75. The minimum atomic E-state index is -0.702. The summed E-state index contributed by atoms with van der Waals surface area (Å²) >= 11 is 0. The standard InChI is InChI=1S/C20H37N3O3/c1-3-4-5-6-7-8-9-10-11-13-16-17(18(24)25-2)20(14-12-15-26-20)23-19(21)22-16/h16-17H,3-15H2,1-2H3,(H3,21,22,23)/p+1/t16-,17-,20-/m1/s1. The number of rotatable bonds is 11. The van der Waals surface area contributed by atoms with Gasteiger partial charge in [0.25, 0.3) is 0 Å². The van der Waals surface area contributed by atoms with Crippen molar-refractivity contribution in [3.05, 3.63) is 0 Å². The van der Waals surface area contributed by atoms with Gasteiger partial charge in [0.05, 0.1) is 19.8 Å². The van der Waals surface area contributed by atoms with Gasteiger partial charge < -0.3 is 9.47 Å². The number of carbonyl (C=O) groups is 1. The van der Waals surface area contributed by atoms with Gasteiger partial charge >= 0.3 is 11.9 Å². The molecular weight excluding hydrogens is 330 g/mol. The van der Waals surface area contributed by atoms with E-state index in [1.807, 2.05) is 0 Å². The molecule has 0 aromatic rings. The minimum Gasteiger partial charge on any atom is -0.469 e. The summed E-state index contributed by atoms with van der Waals surface area (Å²) in [4.78, 5) is 15.7. The molecule has 150 valence electrons. The molecule has 6 heteroatoms. The maximum absolute atomic E-state index is 12.5. The first-order valence-electron chi connectivity index (χ1n) is 10.5. The van der Waals surface area contributed by atoms with Gasteiger partial charge in [-0.05, 0) is 19.3 Å². The Morgan fingerprint density at radius 2 is 1.88 bits per heavy atom. The summed E-state index contributed by atoms with van der Waals surface area (Å²) in [6.07, 6.45) is 14.2. The fourth-order valence-electron chi connectivity index (χ4n) is 4.35. The maximum Gasteiger partial charge on any atom is 0.343 e. The molecule has 0 saturated carbocycles. The van der Waals surface area contributed by atoms with Crippen LogP contribution in [0.5, 0.6) is 0 Å². The number of nitrogens with one attached hydrogen (secondary N) is 2. The number of nitrogens with two attached hydrogens (primary N) is 1. The van der Waals surface area contributed by atoms with Gasteiger partial charge in [-0.1, -0.05) is 58.3 Å². The van der Waals surface area contributed by atoms with Crippen molar-refractivity contribution >= 4 is 11.9 Å². The molecule has 0 unspecified atom stereocenters. The molecule has 0 amide bonds. The van der Waals surface area contributed by atoms with Crippen LogP contribution < -0.4 is 16.0 Å². The maximum atomic E-state index is 12.5. The lowest BCUT2D eigenvalue weighted by atomic mass is 9.82. The highest BCUT2D eigenvalue weighted by molar-refractivity contribution is 5.79. The lowest BCUT2D eigenvalue weighted by Crippen LogP contribution is -2.93. The van der Waals surface area contributed by atoms with Crippen LogP contribution in [0.4, 0.5) is 0 Å². The molecule has 4 N–H and O–H groups in total. The average molecular weight is 369 g/mol. The number of hydrogen-bond acceptors (Lipinski definition) is 5. The largest absolute Gasteiger partial charge is 0.469 e. The molecule has 0 bridgehead atoms. The zero-order valence-electron chi connectivity index (χ0n) is 16.6. The Kier molecular flexibility index (Phi) is 8.69. The van der Waals surface area contributed by atoms with Gasteiger partial charge in [0.15, 0.2) is 5.92 Å². The first-order chi connectivity index (χ1) is 12.6. The topological polar surface area (TPSA) is 87.5 Å². The van der Waals surface area contributed by atoms with Crippen molar-refractivity contribution in [1.29, 1.82) is 0 Å². The van der Waals surface area contributed by atoms with Gasteiger partial charge in [0.1, 0.15) is 0 Å². The molecular formula is C20H38N3O3+. The van der Waals surface area contributed by atoms with Gasteiger partial charge in [0.2, 0.25) is 5.72 Å². The van der Waals surface area contributed by atoms with E-state index in [0.29, 0.717) is 12.6 Å². The zero-order valence-corrected chi connectivity index (χ0v) is 16.6. The predicted octanol–water partition coefficient (Wildman–Crippen LogP) is 1.57. The number of carbonyl (C=O) groups excluding carboxylic acids is 1. The highest BCUT2D eigenvalue weighted by Gasteiger charge is 2.56. The van der Waals surface area contributed by atoms with Crippen LogP contribution in [0.3, 0.4) is 0 Å². The number of ether oxygens (including phenoxy) is 2. The Morgan fingerprint density at radius 3 is 2.46 bits per heavy atom. The Hall–Kier alpha value is -1.30. The fraction of sp³-hybridized carbons (Fsp3) is 0.900. The van der Waals surface area contributed by atoms with Crippen molar-refractivity contribution in [2.75, 3.05) is 13.7 Å². The Labute approximate surface area is 158 Å². The van der Waals surface area contributed by atoms with Gasteiger partial charge in [-0.3, -0.25) is 15.5 Å². The molecule has 2 aliphatic rings. The molecule has 0 radical (unpaired) electrons. The number of guanidine groups is 1. The molecule has 1 fully saturated rings. The lowest BCUT2D eigenvalue weighted by molar-refractivity contribution is -0.531. The first kappa shape index (κ1) is 21.0. The second kappa shape index (κ2) is 10.8. The molecule has 0 aliphatic carbocycles. The molecule has 1 spiro atoms. The fourth-order valence-corrected chi connectivity index (χ4v) is 4.35. The molecule has 2 heterocycles. The Morgan fingerprint density at radius 1 is 1.23 bits per heavy atom. The van der Waals surface area contributed by atoms with E-state index in [0.717, 1.165) is 25.7 Å². The third-order valence-electron chi connectivity index (χ3n) is 5.72. The van der Waals surface area contributed by atoms with Crippen LogP contribution in [-0.2, 0) is 14.3 Å². The van der Waals surface area contributed by atoms with Crippen molar-refractivity contribution in [2.24, 2.45) is 11.7 Å². The minimum absolute atomic E-state index is 0.0358. The summed E-state index contributed by atoms with van der Waals surface area (Å²) in [5.74, 6) is -0.0790. The predicted molar refractivity (Wildman–Crippen MR) is 102 cm³/mol. The number of methoxy groups -OCH3 is 1. The third-order valence-corrected chi connectivity index (χ3v) is 5.72. The first-order valence-corrected chi connectivity index (χ1v) is 10.5. The summed E-state index contributed by atoms with van der Waals surface area (Å²) in [5, 5.41) is 3.18. The smallest absolute Gasteiger partial charge is 0.343 e. The van der Waals surface area contributed by atoms with Crippen molar-refractivity contribution in [1.82, 2.24) is 5.32 Å². The summed E-state index contributed by atoms with van der Waals surface area (Å²) in [7, 11) is 1.45. The zero-order chi connectivity index (χ0) is 18.8. The molecule has 1 saturated heterocycles. The molecule has 2 rings (SSSR count). The quantitative estimate of drug-likeness (QED) is 0.381. The number of hydrogen-bond donors (Lipinski definition) is 3. The summed E-state index contributed by atoms with van der Waals surface area (Å²) in [6, 6.07) is -0.0358. The molecule has 2 aliphatic heterocycles. The third kappa shape index (κ3) is 5.60. The van der Waals surface area contributed by atoms with Crippen molar-refractivity contribution in [2.45, 2.75) is 95.7 Å². The van der Waals surface area contributed by atoms with E-state index in [4.69, 9.17) is 15.2 Å². The van der Waals surface area contributed by atoms with Crippen molar-refractivity contribution < 1.29 is 19.3 Å². The summed E-state index contributed by atoms with van der Waals surface area (Å²) in [6.45, 7) is 2.90. The molecule has 0 aromatic heterocycles. The normalized spacial score (nSPS) is 28.0. The molecule has 0 aromatic carbocycles. The van der Waals surface area contributed by atoms with Crippen LogP contribution in [-0.4, -0.2) is 37.4 Å². The molecule has 3 atom stereocenters. The molecule has 26 heavy (non-hydrogen) atoms. The summed E-state index contributed by atoms with van der Waals surface area (Å²) < 4.78 is 11.0. The lowest BCUT2D eigenvalue weighted by Gasteiger charge is -2.38. The van der Waals surface area contributed by atoms with Crippen LogP contribution in [0.2, 0.25) is 0 Å². The van der Waals surface area contributed by atoms with Crippen LogP contribution in [0.25, 0.3) is 0 Å². The second-order valence-electron chi connectivity index (χ2n) is 7.75. The average Bonchev–Trinajstić information content (AvgIpc) is 3.07. The highest BCUT2D eigenvalue weighted by Crippen LogP contribution is 2.34. The SMILES string of the molecule is CCCCCCCCCCC[C@H]1[NH+]=C(N)N[C@@]2(CCCO2)[C@H]1C(=O)OC. The van der Waals surface area contributed by atoms with E-state index < -0.39 is 5.72 Å². The highest BCUT2D eigenvalue weighted by atomic mass is 16.5. The van der Waals surface area contributed by atoms with Crippen LogP contribution in [0.15, 0.2) is 0 Å². The van der Waals surface area contributed by atoms with E-state index in [1.54, 1.807) is 0 Å². The van der Waals surface area contributed by atoms with Gasteiger partial charge in [-0.15, -0.1) is 0 Å². The van der Waals surface area contributed by atoms with Gasteiger partial charge in [0, 0.05) is 6.42 Å². The van der Waals surface area contributed by atoms with Gasteiger partial charge in [-0.25, -0.2) is 5.32 Å². The van der Waals surface area contributed by atoms with Crippen LogP contribution in [0.1, 0.15) is 84.0 Å². The van der Waals surface area contributed by atoms with Crippen LogP contribution >= 0.6 is 0 Å². The van der Waals surface area contributed by atoms with E-state index in [1.165, 1.54) is 58.5 Å². The molecule has 6 nitrogen and oxygen atoms in total. The Balaban J connectivity index is 1.80. The van der Waals surface area contributed by atoms with Crippen LogP contribution in [0, 0.1) is 5.92 Å². The number of unbranched alkanes of at least 4 members (excludes halogenated alkanes) is 8. The van der Waals surface area contributed by atoms with Crippen molar-refractivity contribution in [3.8, 4) is 0 Å². The van der Waals surface area contributed by atoms with Crippen molar-refractivity contribution in [3.63, 3.8) is 0 Å². The van der Waals surface area contributed by atoms with E-state index in [-0.39, 0.29) is 17.9 Å². The van der Waals surface area contributed by atoms with Gasteiger partial charge in [-0.2, -0.15) is 0 Å². The van der Waals surface area contributed by atoms with E-state index in [9.17, 15) is 4.79 Å². The van der Waals surface area contributed by atoms with E-state index >= 15 is 0 Å². The number of esters is 1. The Bertz CT molecular complexity index is 461. The summed E-state index contributed by atoms with van der Waals surface area (Å²) in [5.41, 5.74) is 5.35.